The van der Waals surface area contributed by atoms with E-state index in [1.54, 1.807) is 6.92 Å². The van der Waals surface area contributed by atoms with Crippen molar-refractivity contribution in [3.63, 3.8) is 0 Å². The van der Waals surface area contributed by atoms with E-state index in [0.29, 0.717) is 10.7 Å². The van der Waals surface area contributed by atoms with Crippen molar-refractivity contribution < 1.29 is 13.2 Å². The van der Waals surface area contributed by atoms with Crippen LogP contribution in [0.1, 0.15) is 34.8 Å². The summed E-state index contributed by atoms with van der Waals surface area (Å²) in [6.45, 7) is 6.61. The van der Waals surface area contributed by atoms with Gasteiger partial charge in [-0.15, -0.1) is 11.3 Å². The smallest absolute Gasteiger partial charge is 0.257 e. The van der Waals surface area contributed by atoms with Crippen molar-refractivity contribution in [3.8, 4) is 0 Å². The van der Waals surface area contributed by atoms with E-state index in [4.69, 9.17) is 0 Å². The molecule has 0 saturated carbocycles. The van der Waals surface area contributed by atoms with Crippen molar-refractivity contribution in [2.75, 3.05) is 24.2 Å². The van der Waals surface area contributed by atoms with Gasteiger partial charge in [0.2, 0.25) is 0 Å². The molecule has 0 radical (unpaired) electrons. The number of thiazole rings is 1. The molecule has 25 heavy (non-hydrogen) atoms. The van der Waals surface area contributed by atoms with Gasteiger partial charge in [-0.2, -0.15) is 0 Å². The van der Waals surface area contributed by atoms with Crippen LogP contribution in [0.15, 0.2) is 29.2 Å². The molecule has 1 aliphatic rings. The van der Waals surface area contributed by atoms with Gasteiger partial charge in [-0.05, 0) is 30.8 Å². The minimum Gasteiger partial charge on any atom is -0.298 e. The highest BCUT2D eigenvalue weighted by Gasteiger charge is 2.20. The molecule has 0 unspecified atom stereocenters. The van der Waals surface area contributed by atoms with Gasteiger partial charge in [0.1, 0.15) is 0 Å². The summed E-state index contributed by atoms with van der Waals surface area (Å²) in [4.78, 5) is 20.7. The number of carbonyl (C=O) groups is 1. The molecule has 1 amide bonds. The van der Waals surface area contributed by atoms with Gasteiger partial charge in [0.05, 0.1) is 16.3 Å². The van der Waals surface area contributed by atoms with Gasteiger partial charge >= 0.3 is 0 Å². The SMILES string of the molecule is CCN1CCc2nc(NC(=O)c3ccc(S(=O)(=O)CC)cc3)sc2C1. The van der Waals surface area contributed by atoms with Crippen LogP contribution in [-0.4, -0.2) is 43.1 Å². The maximum absolute atomic E-state index is 12.4. The van der Waals surface area contributed by atoms with Crippen LogP contribution in [0.5, 0.6) is 0 Å². The number of anilines is 1. The fraction of sp³-hybridized carbons (Fsp3) is 0.412. The quantitative estimate of drug-likeness (QED) is 0.864. The van der Waals surface area contributed by atoms with E-state index < -0.39 is 9.84 Å². The van der Waals surface area contributed by atoms with Crippen molar-refractivity contribution >= 4 is 32.2 Å². The van der Waals surface area contributed by atoms with Crippen molar-refractivity contribution in [1.29, 1.82) is 0 Å². The lowest BCUT2D eigenvalue weighted by molar-refractivity contribution is 0.102. The molecule has 0 fully saturated rings. The molecule has 1 aromatic heterocycles. The standard InChI is InChI=1S/C17H21N3O3S2/c1-3-20-10-9-14-15(11-20)24-17(18-14)19-16(21)12-5-7-13(8-6-12)25(22,23)4-2/h5-8H,3-4,9-11H2,1-2H3,(H,18,19,21). The van der Waals surface area contributed by atoms with Crippen LogP contribution in [0.3, 0.4) is 0 Å². The van der Waals surface area contributed by atoms with Gasteiger partial charge in [-0.25, -0.2) is 13.4 Å². The van der Waals surface area contributed by atoms with E-state index in [9.17, 15) is 13.2 Å². The average molecular weight is 380 g/mol. The monoisotopic (exact) mass is 379 g/mol. The first kappa shape index (κ1) is 18.0. The summed E-state index contributed by atoms with van der Waals surface area (Å²) >= 11 is 1.51. The molecule has 1 aliphatic heterocycles. The Balaban J connectivity index is 1.72. The number of hydrogen-bond acceptors (Lipinski definition) is 6. The maximum Gasteiger partial charge on any atom is 0.257 e. The Bertz CT molecular complexity index is 873. The summed E-state index contributed by atoms with van der Waals surface area (Å²) in [7, 11) is -3.26. The minimum atomic E-state index is -3.26. The first-order valence-electron chi connectivity index (χ1n) is 8.28. The molecule has 134 valence electrons. The second kappa shape index (κ2) is 7.23. The Morgan fingerprint density at radius 1 is 1.28 bits per heavy atom. The molecule has 1 N–H and O–H groups in total. The summed E-state index contributed by atoms with van der Waals surface area (Å²) in [6, 6.07) is 6.01. The van der Waals surface area contributed by atoms with Gasteiger partial charge in [0, 0.05) is 30.0 Å². The van der Waals surface area contributed by atoms with E-state index in [-0.39, 0.29) is 16.6 Å². The van der Waals surface area contributed by atoms with Crippen molar-refractivity contribution in [1.82, 2.24) is 9.88 Å². The number of likely N-dealkylation sites (N-methyl/N-ethyl adjacent to an activating group) is 1. The highest BCUT2D eigenvalue weighted by molar-refractivity contribution is 7.91. The zero-order chi connectivity index (χ0) is 18.0. The normalized spacial score (nSPS) is 15.0. The molecule has 0 spiro atoms. The number of nitrogens with one attached hydrogen (secondary N) is 1. The van der Waals surface area contributed by atoms with Crippen LogP contribution in [0.25, 0.3) is 0 Å². The summed E-state index contributed by atoms with van der Waals surface area (Å²) in [6.07, 6.45) is 0.902. The number of hydrogen-bond donors (Lipinski definition) is 1. The molecule has 6 nitrogen and oxygen atoms in total. The van der Waals surface area contributed by atoms with Gasteiger partial charge in [0.15, 0.2) is 15.0 Å². The number of aromatic nitrogens is 1. The molecule has 0 saturated heterocycles. The Morgan fingerprint density at radius 2 is 2.00 bits per heavy atom. The second-order valence-corrected chi connectivity index (χ2v) is 9.25. The Labute approximate surface area is 151 Å². The minimum absolute atomic E-state index is 0.0397. The second-order valence-electron chi connectivity index (χ2n) is 5.89. The molecule has 0 atom stereocenters. The third-order valence-electron chi connectivity index (χ3n) is 4.33. The number of carbonyl (C=O) groups excluding carboxylic acids is 1. The lowest BCUT2D eigenvalue weighted by Gasteiger charge is -2.23. The zero-order valence-corrected chi connectivity index (χ0v) is 15.9. The number of fused-ring (bicyclic) bond motifs is 1. The Kier molecular flexibility index (Phi) is 5.21. The molecule has 1 aromatic carbocycles. The van der Waals surface area contributed by atoms with Crippen LogP contribution in [-0.2, 0) is 22.8 Å². The van der Waals surface area contributed by atoms with Crippen LogP contribution in [0.4, 0.5) is 5.13 Å². The molecular weight excluding hydrogens is 358 g/mol. The molecule has 8 heteroatoms. The van der Waals surface area contributed by atoms with E-state index in [1.165, 1.54) is 40.5 Å². The van der Waals surface area contributed by atoms with Crippen molar-refractivity contribution in [3.05, 3.63) is 40.4 Å². The number of rotatable bonds is 5. The summed E-state index contributed by atoms with van der Waals surface area (Å²) < 4.78 is 23.6. The topological polar surface area (TPSA) is 79.4 Å². The molecule has 2 aromatic rings. The number of benzene rings is 1. The largest absolute Gasteiger partial charge is 0.298 e. The van der Waals surface area contributed by atoms with Gasteiger partial charge in [-0.3, -0.25) is 15.0 Å². The molecule has 0 aliphatic carbocycles. The first-order chi connectivity index (χ1) is 11.9. The lowest BCUT2D eigenvalue weighted by Crippen LogP contribution is -2.29. The maximum atomic E-state index is 12.4. The van der Waals surface area contributed by atoms with E-state index in [0.717, 1.165) is 31.7 Å². The van der Waals surface area contributed by atoms with Gasteiger partial charge in [0.25, 0.3) is 5.91 Å². The van der Waals surface area contributed by atoms with Crippen LogP contribution < -0.4 is 5.32 Å². The third-order valence-corrected chi connectivity index (χ3v) is 7.08. The summed E-state index contributed by atoms with van der Waals surface area (Å²) in [5.74, 6) is -0.239. The van der Waals surface area contributed by atoms with E-state index in [1.807, 2.05) is 0 Å². The van der Waals surface area contributed by atoms with Crippen molar-refractivity contribution in [2.24, 2.45) is 0 Å². The number of sulfone groups is 1. The molecule has 3 rings (SSSR count). The molecule has 0 bridgehead atoms. The Morgan fingerprint density at radius 3 is 2.64 bits per heavy atom. The third kappa shape index (κ3) is 3.91. The Hall–Kier alpha value is -1.77. The number of nitrogens with zero attached hydrogens (tertiary/aromatic N) is 2. The van der Waals surface area contributed by atoms with Crippen molar-refractivity contribution in [2.45, 2.75) is 31.7 Å². The predicted molar refractivity (Wildman–Crippen MR) is 98.9 cm³/mol. The summed E-state index contributed by atoms with van der Waals surface area (Å²) in [5, 5.41) is 3.42. The number of amides is 1. The average Bonchev–Trinajstić information content (AvgIpc) is 3.02. The summed E-state index contributed by atoms with van der Waals surface area (Å²) in [5.41, 5.74) is 1.48. The molecule has 2 heterocycles. The van der Waals surface area contributed by atoms with Gasteiger partial charge < -0.3 is 0 Å². The van der Waals surface area contributed by atoms with Crippen LogP contribution in [0.2, 0.25) is 0 Å². The van der Waals surface area contributed by atoms with Crippen LogP contribution in [0, 0.1) is 0 Å². The first-order valence-corrected chi connectivity index (χ1v) is 10.7. The van der Waals surface area contributed by atoms with E-state index >= 15 is 0 Å². The highest BCUT2D eigenvalue weighted by atomic mass is 32.2. The fourth-order valence-electron chi connectivity index (χ4n) is 2.72. The predicted octanol–water partition coefficient (Wildman–Crippen LogP) is 2.57. The highest BCUT2D eigenvalue weighted by Crippen LogP contribution is 2.28. The van der Waals surface area contributed by atoms with Crippen LogP contribution >= 0.6 is 11.3 Å². The van der Waals surface area contributed by atoms with E-state index in [2.05, 4.69) is 22.1 Å². The molecular formula is C17H21N3O3S2. The fourth-order valence-corrected chi connectivity index (χ4v) is 4.65. The zero-order valence-electron chi connectivity index (χ0n) is 14.3. The van der Waals surface area contributed by atoms with Gasteiger partial charge in [-0.1, -0.05) is 13.8 Å². The lowest BCUT2D eigenvalue weighted by atomic mass is 10.2.